The molecule has 5 nitrogen and oxygen atoms in total. The zero-order valence-electron chi connectivity index (χ0n) is 6.73. The van der Waals surface area contributed by atoms with Crippen LogP contribution in [0.1, 0.15) is 13.3 Å². The van der Waals surface area contributed by atoms with E-state index in [2.05, 4.69) is 0 Å². The van der Waals surface area contributed by atoms with Gasteiger partial charge in [-0.15, -0.1) is 0 Å². The van der Waals surface area contributed by atoms with Crippen molar-refractivity contribution in [2.75, 3.05) is 13.1 Å². The highest BCUT2D eigenvalue weighted by atomic mass is 32.2. The van der Waals surface area contributed by atoms with Gasteiger partial charge in [-0.25, -0.2) is 12.7 Å². The second kappa shape index (κ2) is 3.02. The zero-order chi connectivity index (χ0) is 9.35. The summed E-state index contributed by atoms with van der Waals surface area (Å²) in [6.07, 6.45) is 0.825. The monoisotopic (exact) mass is 193 g/mol. The Morgan fingerprint density at radius 1 is 1.50 bits per heavy atom. The van der Waals surface area contributed by atoms with Gasteiger partial charge in [-0.1, -0.05) is 0 Å². The highest BCUT2D eigenvalue weighted by Gasteiger charge is 2.36. The first-order chi connectivity index (χ1) is 5.46. The van der Waals surface area contributed by atoms with Crippen molar-refractivity contribution in [1.82, 2.24) is 4.31 Å². The summed E-state index contributed by atoms with van der Waals surface area (Å²) in [5.74, 6) is -1.29. The van der Waals surface area contributed by atoms with Crippen LogP contribution in [0.2, 0.25) is 0 Å². The molecule has 0 radical (unpaired) electrons. The average Bonchev–Trinajstić information content (AvgIpc) is 1.80. The van der Waals surface area contributed by atoms with Crippen LogP contribution >= 0.6 is 0 Å². The first-order valence-corrected chi connectivity index (χ1v) is 5.18. The SMILES string of the molecule is CC(C(=O)O)S(=O)(=O)N1CCC1. The maximum Gasteiger partial charge on any atom is 0.323 e. The Morgan fingerprint density at radius 2 is 2.00 bits per heavy atom. The molecule has 1 heterocycles. The van der Waals surface area contributed by atoms with Gasteiger partial charge in [0, 0.05) is 13.1 Å². The van der Waals surface area contributed by atoms with Crippen LogP contribution in [0.4, 0.5) is 0 Å². The first kappa shape index (κ1) is 9.47. The lowest BCUT2D eigenvalue weighted by Crippen LogP contribution is -2.48. The number of hydrogen-bond acceptors (Lipinski definition) is 3. The minimum Gasteiger partial charge on any atom is -0.480 e. The van der Waals surface area contributed by atoms with Crippen molar-refractivity contribution in [3.05, 3.63) is 0 Å². The Bertz CT molecular complexity index is 280. The quantitative estimate of drug-likeness (QED) is 0.655. The number of aliphatic carboxylic acids is 1. The van der Waals surface area contributed by atoms with E-state index < -0.39 is 21.2 Å². The van der Waals surface area contributed by atoms with Crippen LogP contribution in [-0.2, 0) is 14.8 Å². The Balaban J connectivity index is 2.77. The Kier molecular flexibility index (Phi) is 2.39. The summed E-state index contributed by atoms with van der Waals surface area (Å²) in [7, 11) is -3.57. The van der Waals surface area contributed by atoms with E-state index >= 15 is 0 Å². The van der Waals surface area contributed by atoms with Gasteiger partial charge in [0.15, 0.2) is 5.25 Å². The van der Waals surface area contributed by atoms with Crippen molar-refractivity contribution in [2.45, 2.75) is 18.6 Å². The highest BCUT2D eigenvalue weighted by Crippen LogP contribution is 2.16. The van der Waals surface area contributed by atoms with Crippen LogP contribution in [0, 0.1) is 0 Å². The molecule has 6 heteroatoms. The molecule has 1 rings (SSSR count). The van der Waals surface area contributed by atoms with Crippen LogP contribution in [0.3, 0.4) is 0 Å². The van der Waals surface area contributed by atoms with Gasteiger partial charge in [0.05, 0.1) is 0 Å². The molecule has 1 aliphatic rings. The zero-order valence-corrected chi connectivity index (χ0v) is 7.54. The molecule has 0 aromatic heterocycles. The van der Waals surface area contributed by atoms with Crippen molar-refractivity contribution in [3.8, 4) is 0 Å². The molecule has 0 aliphatic carbocycles. The number of sulfonamides is 1. The lowest BCUT2D eigenvalue weighted by molar-refractivity contribution is -0.136. The van der Waals surface area contributed by atoms with Gasteiger partial charge in [-0.2, -0.15) is 0 Å². The van der Waals surface area contributed by atoms with E-state index in [0.29, 0.717) is 13.1 Å². The van der Waals surface area contributed by atoms with E-state index in [9.17, 15) is 13.2 Å². The molecule has 12 heavy (non-hydrogen) atoms. The smallest absolute Gasteiger partial charge is 0.323 e. The van der Waals surface area contributed by atoms with Crippen molar-refractivity contribution < 1.29 is 18.3 Å². The predicted molar refractivity (Wildman–Crippen MR) is 42.2 cm³/mol. The van der Waals surface area contributed by atoms with E-state index in [1.165, 1.54) is 11.2 Å². The molecule has 0 saturated carbocycles. The van der Waals surface area contributed by atoms with Crippen molar-refractivity contribution in [3.63, 3.8) is 0 Å². The van der Waals surface area contributed by atoms with Gasteiger partial charge in [0.1, 0.15) is 0 Å². The number of hydrogen-bond donors (Lipinski definition) is 1. The molecule has 1 unspecified atom stereocenters. The standard InChI is InChI=1S/C6H11NO4S/c1-5(6(8)9)12(10,11)7-3-2-4-7/h5H,2-4H2,1H3,(H,8,9). The van der Waals surface area contributed by atoms with Crippen LogP contribution in [0.5, 0.6) is 0 Å². The summed E-state index contributed by atoms with van der Waals surface area (Å²) in [5.41, 5.74) is 0. The van der Waals surface area contributed by atoms with E-state index in [1.807, 2.05) is 0 Å². The summed E-state index contributed by atoms with van der Waals surface area (Å²) >= 11 is 0. The lowest BCUT2D eigenvalue weighted by Gasteiger charge is -2.31. The molecular formula is C6H11NO4S. The van der Waals surface area contributed by atoms with E-state index in [4.69, 9.17) is 5.11 Å². The van der Waals surface area contributed by atoms with Crippen molar-refractivity contribution in [1.29, 1.82) is 0 Å². The largest absolute Gasteiger partial charge is 0.480 e. The van der Waals surface area contributed by atoms with Gasteiger partial charge < -0.3 is 5.11 Å². The van der Waals surface area contributed by atoms with E-state index in [1.54, 1.807) is 0 Å². The summed E-state index contributed by atoms with van der Waals surface area (Å²) < 4.78 is 23.8. The van der Waals surface area contributed by atoms with Crippen LogP contribution in [-0.4, -0.2) is 42.1 Å². The minimum atomic E-state index is -3.57. The fourth-order valence-corrected chi connectivity index (χ4v) is 2.36. The van der Waals surface area contributed by atoms with Crippen LogP contribution in [0.25, 0.3) is 0 Å². The first-order valence-electron chi connectivity index (χ1n) is 3.68. The van der Waals surface area contributed by atoms with Gasteiger partial charge in [-0.3, -0.25) is 4.79 Å². The number of carbonyl (C=O) groups is 1. The fourth-order valence-electron chi connectivity index (χ4n) is 0.893. The molecule has 0 amide bonds. The fraction of sp³-hybridized carbons (Fsp3) is 0.833. The Morgan fingerprint density at radius 3 is 2.25 bits per heavy atom. The third kappa shape index (κ3) is 1.44. The Labute approximate surface area is 71.0 Å². The molecule has 1 aliphatic heterocycles. The van der Waals surface area contributed by atoms with Gasteiger partial charge in [-0.05, 0) is 13.3 Å². The number of carboxylic acids is 1. The molecule has 0 aromatic carbocycles. The maximum absolute atomic E-state index is 11.3. The topological polar surface area (TPSA) is 74.7 Å². The minimum absolute atomic E-state index is 0.458. The molecular weight excluding hydrogens is 182 g/mol. The summed E-state index contributed by atoms with van der Waals surface area (Å²) in [6.45, 7) is 2.11. The summed E-state index contributed by atoms with van der Waals surface area (Å²) in [6, 6.07) is 0. The van der Waals surface area contributed by atoms with Crippen LogP contribution < -0.4 is 0 Å². The summed E-state index contributed by atoms with van der Waals surface area (Å²) in [5, 5.41) is 7.16. The molecule has 1 N–H and O–H groups in total. The van der Waals surface area contributed by atoms with Crippen LogP contribution in [0.15, 0.2) is 0 Å². The molecule has 1 fully saturated rings. The van der Waals surface area contributed by atoms with Gasteiger partial charge >= 0.3 is 5.97 Å². The molecule has 0 spiro atoms. The molecule has 70 valence electrons. The Hall–Kier alpha value is -0.620. The van der Waals surface area contributed by atoms with Crippen molar-refractivity contribution >= 4 is 16.0 Å². The average molecular weight is 193 g/mol. The number of rotatable bonds is 3. The molecule has 0 bridgehead atoms. The van der Waals surface area contributed by atoms with Crippen molar-refractivity contribution in [2.24, 2.45) is 0 Å². The lowest BCUT2D eigenvalue weighted by atomic mass is 10.3. The maximum atomic E-state index is 11.3. The molecule has 1 saturated heterocycles. The second-order valence-electron chi connectivity index (χ2n) is 2.78. The highest BCUT2D eigenvalue weighted by molar-refractivity contribution is 7.90. The third-order valence-corrected chi connectivity index (χ3v) is 4.15. The van der Waals surface area contributed by atoms with Gasteiger partial charge in [0.25, 0.3) is 0 Å². The van der Waals surface area contributed by atoms with Gasteiger partial charge in [0.2, 0.25) is 10.0 Å². The summed E-state index contributed by atoms with van der Waals surface area (Å²) in [4.78, 5) is 10.4. The van der Waals surface area contributed by atoms with E-state index in [0.717, 1.165) is 6.42 Å². The molecule has 0 aromatic rings. The molecule has 1 atom stereocenters. The van der Waals surface area contributed by atoms with E-state index in [-0.39, 0.29) is 0 Å². The normalized spacial score (nSPS) is 21.4. The second-order valence-corrected chi connectivity index (χ2v) is 5.03. The third-order valence-electron chi connectivity index (χ3n) is 1.97. The predicted octanol–water partition coefficient (Wildman–Crippen LogP) is -0.505. The number of carboxylic acid groups (broad SMARTS) is 1. The number of nitrogens with zero attached hydrogens (tertiary/aromatic N) is 1.